The van der Waals surface area contributed by atoms with Crippen LogP contribution in [-0.4, -0.2) is 25.7 Å². The molecule has 0 aromatic carbocycles. The molecule has 0 saturated carbocycles. The lowest BCUT2D eigenvalue weighted by atomic mass is 10.2. The van der Waals surface area contributed by atoms with E-state index in [0.29, 0.717) is 0 Å². The van der Waals surface area contributed by atoms with Crippen LogP contribution in [-0.2, 0) is 9.53 Å². The number of halogens is 1. The maximum Gasteiger partial charge on any atom is 0.254 e. The van der Waals surface area contributed by atoms with Crippen LogP contribution in [0, 0.1) is 23.7 Å². The summed E-state index contributed by atoms with van der Waals surface area (Å²) in [6.07, 6.45) is 0. The quantitative estimate of drug-likeness (QED) is 0.596. The second kappa shape index (κ2) is 7.12. The Labute approximate surface area is 126 Å². The van der Waals surface area contributed by atoms with E-state index in [-0.39, 0.29) is 18.6 Å². The van der Waals surface area contributed by atoms with Crippen molar-refractivity contribution in [2.75, 3.05) is 18.6 Å². The predicted molar refractivity (Wildman–Crippen MR) is 84.4 cm³/mol. The molecular formula is C13H16INO2S. The highest BCUT2D eigenvalue weighted by atomic mass is 127. The highest BCUT2D eigenvalue weighted by molar-refractivity contribution is 14.1. The molecule has 1 heterocycles. The van der Waals surface area contributed by atoms with E-state index in [9.17, 15) is 4.79 Å². The average Bonchev–Trinajstić information content (AvgIpc) is 2.62. The average molecular weight is 377 g/mol. The number of carbonyl (C=O) groups is 1. The van der Waals surface area contributed by atoms with Gasteiger partial charge >= 0.3 is 0 Å². The molecule has 0 fully saturated rings. The zero-order valence-electron chi connectivity index (χ0n) is 10.9. The van der Waals surface area contributed by atoms with Gasteiger partial charge in [-0.2, -0.15) is 0 Å². The third kappa shape index (κ3) is 3.46. The zero-order valence-corrected chi connectivity index (χ0v) is 13.9. The first-order chi connectivity index (χ1) is 8.52. The number of thiophene rings is 1. The number of carbonyl (C=O) groups excluding carboxylic acids is 1. The number of nitrogens with zero attached hydrogens (tertiary/aromatic N) is 1. The number of ether oxygens (including phenoxy) is 1. The van der Waals surface area contributed by atoms with Crippen LogP contribution in [0.2, 0.25) is 0 Å². The monoisotopic (exact) mass is 377 g/mol. The number of methoxy groups -OCH3 is 1. The van der Waals surface area contributed by atoms with Crippen LogP contribution >= 0.6 is 33.9 Å². The maximum atomic E-state index is 12.2. The third-order valence-corrected chi connectivity index (χ3v) is 3.88. The molecule has 3 nitrogen and oxygen atoms in total. The van der Waals surface area contributed by atoms with Gasteiger partial charge in [-0.3, -0.25) is 9.69 Å². The third-order valence-electron chi connectivity index (χ3n) is 2.55. The second-order valence-corrected chi connectivity index (χ2v) is 5.56. The molecule has 98 valence electrons. The van der Waals surface area contributed by atoms with Crippen molar-refractivity contribution in [3.05, 3.63) is 15.8 Å². The lowest BCUT2D eigenvalue weighted by Crippen LogP contribution is -2.40. The number of rotatable bonds is 4. The number of hydrogen-bond acceptors (Lipinski definition) is 3. The molecule has 18 heavy (non-hydrogen) atoms. The molecule has 1 amide bonds. The van der Waals surface area contributed by atoms with Gasteiger partial charge in [-0.05, 0) is 35.6 Å². The normalized spacial score (nSPS) is 11.6. The van der Waals surface area contributed by atoms with Gasteiger partial charge in [-0.15, -0.1) is 11.3 Å². The Morgan fingerprint density at radius 1 is 1.61 bits per heavy atom. The van der Waals surface area contributed by atoms with Crippen molar-refractivity contribution in [1.82, 2.24) is 0 Å². The lowest BCUT2D eigenvalue weighted by Gasteiger charge is -2.26. The topological polar surface area (TPSA) is 29.5 Å². The minimum Gasteiger partial charge on any atom is -0.375 e. The first-order valence-corrected chi connectivity index (χ1v) is 7.45. The van der Waals surface area contributed by atoms with Gasteiger partial charge in [0.1, 0.15) is 6.61 Å². The molecule has 1 aromatic rings. The minimum atomic E-state index is -0.156. The summed E-state index contributed by atoms with van der Waals surface area (Å²) in [4.78, 5) is 15.1. The van der Waals surface area contributed by atoms with E-state index >= 15 is 0 Å². The molecule has 5 heteroatoms. The van der Waals surface area contributed by atoms with E-state index in [1.807, 2.05) is 43.4 Å². The van der Waals surface area contributed by atoms with E-state index in [1.54, 1.807) is 16.2 Å². The molecule has 0 saturated heterocycles. The first-order valence-electron chi connectivity index (χ1n) is 5.49. The molecule has 0 spiro atoms. The van der Waals surface area contributed by atoms with Crippen LogP contribution in [0.3, 0.4) is 0 Å². The first kappa shape index (κ1) is 15.5. The van der Waals surface area contributed by atoms with Gasteiger partial charge in [0.15, 0.2) is 0 Å². The summed E-state index contributed by atoms with van der Waals surface area (Å²) < 4.78 is 7.79. The number of anilines is 1. The molecule has 1 rings (SSSR count). The van der Waals surface area contributed by atoms with Crippen molar-refractivity contribution < 1.29 is 9.53 Å². The van der Waals surface area contributed by atoms with Gasteiger partial charge in [0.25, 0.3) is 5.91 Å². The summed E-state index contributed by atoms with van der Waals surface area (Å²) in [6.45, 7) is 6.03. The Kier molecular flexibility index (Phi) is 6.12. The fourth-order valence-corrected chi connectivity index (χ4v) is 3.08. The maximum absolute atomic E-state index is 12.2. The molecule has 1 atom stereocenters. The Morgan fingerprint density at radius 3 is 2.72 bits per heavy atom. The van der Waals surface area contributed by atoms with Crippen molar-refractivity contribution in [3.63, 3.8) is 0 Å². The smallest absolute Gasteiger partial charge is 0.254 e. The van der Waals surface area contributed by atoms with Crippen LogP contribution in [0.25, 0.3) is 0 Å². The molecule has 0 aliphatic carbocycles. The minimum absolute atomic E-state index is 0.0613. The van der Waals surface area contributed by atoms with Crippen molar-refractivity contribution in [3.8, 4) is 9.85 Å². The van der Waals surface area contributed by atoms with E-state index in [2.05, 4.69) is 15.2 Å². The summed E-state index contributed by atoms with van der Waals surface area (Å²) in [5.41, 5.74) is 2.07. The van der Waals surface area contributed by atoms with Crippen molar-refractivity contribution >= 4 is 45.5 Å². The number of aryl methyl sites for hydroxylation is 2. The summed E-state index contributed by atoms with van der Waals surface area (Å²) >= 11 is 3.63. The molecule has 0 N–H and O–H groups in total. The van der Waals surface area contributed by atoms with E-state index in [4.69, 9.17) is 4.74 Å². The highest BCUT2D eigenvalue weighted by Gasteiger charge is 2.24. The zero-order chi connectivity index (χ0) is 13.7. The summed E-state index contributed by atoms with van der Waals surface area (Å²) in [6, 6.07) is -0.156. The van der Waals surface area contributed by atoms with Crippen molar-refractivity contribution in [1.29, 1.82) is 0 Å². The largest absolute Gasteiger partial charge is 0.375 e. The summed E-state index contributed by atoms with van der Waals surface area (Å²) in [5.74, 6) is 2.96. The molecule has 1 unspecified atom stereocenters. The fourth-order valence-electron chi connectivity index (χ4n) is 1.80. The van der Waals surface area contributed by atoms with Gasteiger partial charge in [-0.25, -0.2) is 0 Å². The van der Waals surface area contributed by atoms with E-state index in [1.165, 1.54) is 7.11 Å². The molecule has 0 aliphatic rings. The number of amides is 1. The number of hydrogen-bond donors (Lipinski definition) is 0. The van der Waals surface area contributed by atoms with Crippen molar-refractivity contribution in [2.45, 2.75) is 26.8 Å². The molecule has 0 bridgehead atoms. The highest BCUT2D eigenvalue weighted by Crippen LogP contribution is 2.31. The Bertz CT molecular complexity index is 467. The second-order valence-electron chi connectivity index (χ2n) is 3.94. The van der Waals surface area contributed by atoms with Gasteiger partial charge in [-0.1, -0.05) is 5.92 Å². The van der Waals surface area contributed by atoms with Crippen LogP contribution < -0.4 is 4.90 Å². The standard InChI is InChI=1S/C13H16INO2S/c1-9-8-18-11(3)13(9)15(10(2)5-6-14)12(16)7-17-4/h8,10H,7H2,1-4H3. The molecule has 1 aromatic heterocycles. The van der Waals surface area contributed by atoms with Crippen LogP contribution in [0.4, 0.5) is 5.69 Å². The van der Waals surface area contributed by atoms with Crippen LogP contribution in [0.15, 0.2) is 5.38 Å². The Balaban J connectivity index is 3.19. The molecule has 0 radical (unpaired) electrons. The van der Waals surface area contributed by atoms with Crippen LogP contribution in [0.5, 0.6) is 0 Å². The van der Waals surface area contributed by atoms with Crippen molar-refractivity contribution in [2.24, 2.45) is 0 Å². The molecule has 0 aliphatic heterocycles. The van der Waals surface area contributed by atoms with Crippen LogP contribution in [0.1, 0.15) is 17.4 Å². The van der Waals surface area contributed by atoms with Gasteiger partial charge in [0, 0.05) is 34.6 Å². The van der Waals surface area contributed by atoms with Gasteiger partial charge < -0.3 is 4.74 Å². The lowest BCUT2D eigenvalue weighted by molar-refractivity contribution is -0.122. The fraction of sp³-hybridized carbons (Fsp3) is 0.462. The summed E-state index contributed by atoms with van der Waals surface area (Å²) in [7, 11) is 1.53. The predicted octanol–water partition coefficient (Wildman–Crippen LogP) is 3.13. The molecular weight excluding hydrogens is 361 g/mol. The van der Waals surface area contributed by atoms with Gasteiger partial charge in [0.2, 0.25) is 0 Å². The van der Waals surface area contributed by atoms with E-state index in [0.717, 1.165) is 16.1 Å². The van der Waals surface area contributed by atoms with E-state index < -0.39 is 0 Å². The Morgan fingerprint density at radius 2 is 2.28 bits per heavy atom. The summed E-state index contributed by atoms with van der Waals surface area (Å²) in [5, 5.41) is 2.06. The SMILES string of the molecule is COCC(=O)N(c1c(C)csc1C)C(C)C#CI. The van der Waals surface area contributed by atoms with Gasteiger partial charge in [0.05, 0.1) is 11.7 Å². The Hall–Kier alpha value is -0.580.